The molecular weight excluding hydrogens is 230 g/mol. The van der Waals surface area contributed by atoms with Gasteiger partial charge in [0, 0.05) is 0 Å². The van der Waals surface area contributed by atoms with Crippen LogP contribution in [0.15, 0.2) is 0 Å². The Labute approximate surface area is 86.2 Å². The second-order valence-corrected chi connectivity index (χ2v) is 4.01. The molecule has 0 atom stereocenters. The number of sulfonamides is 1. The van der Waals surface area contributed by atoms with Crippen molar-refractivity contribution in [3.05, 3.63) is 0 Å². The Morgan fingerprint density at radius 2 is 2.00 bits per heavy atom. The van der Waals surface area contributed by atoms with E-state index in [1.165, 1.54) is 11.8 Å². The predicted octanol–water partition coefficient (Wildman–Crippen LogP) is -1.51. The third-order valence-electron chi connectivity index (χ3n) is 0.995. The number of carbonyl (C=O) groups excluding carboxylic acids is 1. The highest BCUT2D eigenvalue weighted by atomic mass is 32.2. The maximum absolute atomic E-state index is 11.0. The molecule has 0 heterocycles. The van der Waals surface area contributed by atoms with Gasteiger partial charge in [-0.1, -0.05) is 4.89 Å². The molecule has 0 rings (SSSR count). The lowest BCUT2D eigenvalue weighted by Gasteiger charge is -2.04. The molecule has 0 fully saturated rings. The number of hydrogen-bond acceptors (Lipinski definition) is 6. The van der Waals surface area contributed by atoms with E-state index in [1.807, 2.05) is 0 Å². The fourth-order valence-corrected chi connectivity index (χ4v) is 1.26. The van der Waals surface area contributed by atoms with Crippen LogP contribution < -0.4 is 4.89 Å². The molecule has 0 aliphatic heterocycles. The summed E-state index contributed by atoms with van der Waals surface area (Å²) >= 11 is 0. The Kier molecular flexibility index (Phi) is 5.82. The van der Waals surface area contributed by atoms with Crippen molar-refractivity contribution in [2.24, 2.45) is 0 Å². The number of hydrogen-bond donors (Lipinski definition) is 2. The fourth-order valence-electron chi connectivity index (χ4n) is 0.568. The largest absolute Gasteiger partial charge is 0.479 e. The maximum atomic E-state index is 11.0. The van der Waals surface area contributed by atoms with Crippen molar-refractivity contribution in [1.82, 2.24) is 4.89 Å². The highest BCUT2D eigenvalue weighted by Crippen LogP contribution is 1.88. The molecule has 0 bridgehead atoms. The van der Waals surface area contributed by atoms with Crippen LogP contribution in [0.2, 0.25) is 0 Å². The van der Waals surface area contributed by atoms with Crippen LogP contribution in [0.1, 0.15) is 6.92 Å². The van der Waals surface area contributed by atoms with Crippen molar-refractivity contribution in [2.45, 2.75) is 6.92 Å². The van der Waals surface area contributed by atoms with E-state index in [4.69, 9.17) is 5.11 Å². The Morgan fingerprint density at radius 3 is 2.47 bits per heavy atom. The molecule has 0 saturated heterocycles. The van der Waals surface area contributed by atoms with E-state index in [9.17, 15) is 18.0 Å². The van der Waals surface area contributed by atoms with E-state index < -0.39 is 34.3 Å². The Hall–Kier alpha value is -1.19. The average Bonchev–Trinajstić information content (AvgIpc) is 2.01. The van der Waals surface area contributed by atoms with Gasteiger partial charge in [-0.3, -0.25) is 9.63 Å². The summed E-state index contributed by atoms with van der Waals surface area (Å²) in [6.07, 6.45) is 0. The van der Waals surface area contributed by atoms with Gasteiger partial charge in [-0.2, -0.15) is 0 Å². The smallest absolute Gasteiger partial charge is 0.331 e. The molecular formula is C6H11NO7S. The van der Waals surface area contributed by atoms with Gasteiger partial charge < -0.3 is 9.84 Å². The number of carboxylic acid groups (broad SMARTS) is 1. The lowest BCUT2D eigenvalue weighted by Crippen LogP contribution is -2.32. The molecule has 0 spiro atoms. The zero-order valence-electron chi connectivity index (χ0n) is 7.93. The van der Waals surface area contributed by atoms with Crippen LogP contribution in [0, 0.1) is 0 Å². The lowest BCUT2D eigenvalue weighted by atomic mass is 10.8. The molecule has 0 aromatic rings. The third-order valence-corrected chi connectivity index (χ3v) is 1.98. The first-order valence-corrected chi connectivity index (χ1v) is 5.51. The van der Waals surface area contributed by atoms with Crippen molar-refractivity contribution in [3.63, 3.8) is 0 Å². The van der Waals surface area contributed by atoms with Crippen molar-refractivity contribution in [1.29, 1.82) is 0 Å². The summed E-state index contributed by atoms with van der Waals surface area (Å²) in [6, 6.07) is 0. The van der Waals surface area contributed by atoms with Crippen LogP contribution in [-0.4, -0.2) is 44.4 Å². The summed E-state index contributed by atoms with van der Waals surface area (Å²) < 4.78 is 26.3. The summed E-state index contributed by atoms with van der Waals surface area (Å²) in [5.74, 6) is -3.20. The number of rotatable bonds is 7. The summed E-state index contributed by atoms with van der Waals surface area (Å²) in [7, 11) is -4.01. The van der Waals surface area contributed by atoms with Gasteiger partial charge in [0.15, 0.2) is 12.4 Å². The number of aliphatic carboxylic acids is 1. The van der Waals surface area contributed by atoms with Crippen LogP contribution in [0.5, 0.6) is 0 Å². The summed E-state index contributed by atoms with van der Waals surface area (Å²) in [5.41, 5.74) is 0. The average molecular weight is 241 g/mol. The van der Waals surface area contributed by atoms with Crippen molar-refractivity contribution in [3.8, 4) is 0 Å². The number of carbonyl (C=O) groups is 2. The molecule has 88 valence electrons. The minimum atomic E-state index is -4.01. The van der Waals surface area contributed by atoms with Crippen molar-refractivity contribution in [2.75, 3.05) is 19.0 Å². The van der Waals surface area contributed by atoms with E-state index >= 15 is 0 Å². The van der Waals surface area contributed by atoms with Crippen LogP contribution in [0.4, 0.5) is 0 Å². The Bertz CT molecular complexity index is 322. The third kappa shape index (κ3) is 7.85. The SMILES string of the molecule is CCOC(=O)CS(=O)(=O)NOCC(=O)O. The first kappa shape index (κ1) is 13.8. The highest BCUT2D eigenvalue weighted by Gasteiger charge is 2.17. The Morgan fingerprint density at radius 1 is 1.40 bits per heavy atom. The van der Waals surface area contributed by atoms with Gasteiger partial charge >= 0.3 is 11.9 Å². The molecule has 9 heteroatoms. The molecule has 8 nitrogen and oxygen atoms in total. The van der Waals surface area contributed by atoms with Crippen molar-refractivity contribution >= 4 is 22.0 Å². The molecule has 0 aliphatic rings. The van der Waals surface area contributed by atoms with Gasteiger partial charge in [0.05, 0.1) is 6.61 Å². The standard InChI is InChI=1S/C6H11NO7S/c1-2-13-6(10)4-15(11,12)7-14-3-5(8)9/h7H,2-4H2,1H3,(H,8,9). The van der Waals surface area contributed by atoms with Crippen molar-refractivity contribution < 1.29 is 32.7 Å². The number of carboxylic acids is 1. The monoisotopic (exact) mass is 241 g/mol. The molecule has 0 unspecified atom stereocenters. The molecule has 0 saturated carbocycles. The number of ether oxygens (including phenoxy) is 1. The first-order chi connectivity index (χ1) is 6.87. The molecule has 15 heavy (non-hydrogen) atoms. The van der Waals surface area contributed by atoms with E-state index in [-0.39, 0.29) is 6.61 Å². The molecule has 2 N–H and O–H groups in total. The minimum absolute atomic E-state index is 0.0599. The second-order valence-electron chi connectivity index (χ2n) is 2.33. The van der Waals surface area contributed by atoms with Gasteiger partial charge in [0.2, 0.25) is 10.0 Å². The quantitative estimate of drug-likeness (QED) is 0.410. The van der Waals surface area contributed by atoms with Gasteiger partial charge in [0.1, 0.15) is 0 Å². The summed E-state index contributed by atoms with van der Waals surface area (Å²) in [5, 5.41) is 8.12. The molecule has 0 radical (unpaired) electrons. The number of nitrogens with one attached hydrogen (secondary N) is 1. The highest BCUT2D eigenvalue weighted by molar-refractivity contribution is 7.90. The maximum Gasteiger partial charge on any atom is 0.331 e. The van der Waals surface area contributed by atoms with Crippen LogP contribution in [0.25, 0.3) is 0 Å². The van der Waals surface area contributed by atoms with Crippen LogP contribution >= 0.6 is 0 Å². The first-order valence-electron chi connectivity index (χ1n) is 3.86. The fraction of sp³-hybridized carbons (Fsp3) is 0.667. The molecule has 0 aliphatic carbocycles. The van der Waals surface area contributed by atoms with E-state index in [0.717, 1.165) is 0 Å². The normalized spacial score (nSPS) is 11.0. The second kappa shape index (κ2) is 6.32. The van der Waals surface area contributed by atoms with E-state index in [2.05, 4.69) is 9.57 Å². The number of esters is 1. The summed E-state index contributed by atoms with van der Waals surface area (Å²) in [4.78, 5) is 26.3. The minimum Gasteiger partial charge on any atom is -0.479 e. The Balaban J connectivity index is 3.97. The van der Waals surface area contributed by atoms with E-state index in [0.29, 0.717) is 0 Å². The van der Waals surface area contributed by atoms with Crippen LogP contribution in [-0.2, 0) is 29.2 Å². The van der Waals surface area contributed by atoms with E-state index in [1.54, 1.807) is 0 Å². The zero-order valence-corrected chi connectivity index (χ0v) is 8.74. The van der Waals surface area contributed by atoms with Gasteiger partial charge in [-0.25, -0.2) is 13.2 Å². The topological polar surface area (TPSA) is 119 Å². The molecule has 0 aromatic carbocycles. The molecule has 0 amide bonds. The van der Waals surface area contributed by atoms with Gasteiger partial charge in [-0.15, -0.1) is 0 Å². The van der Waals surface area contributed by atoms with Crippen LogP contribution in [0.3, 0.4) is 0 Å². The summed E-state index contributed by atoms with van der Waals surface area (Å²) in [6.45, 7) is 0.755. The zero-order chi connectivity index (χ0) is 11.9. The lowest BCUT2D eigenvalue weighted by molar-refractivity contribution is -0.143. The predicted molar refractivity (Wildman–Crippen MR) is 47.1 cm³/mol. The van der Waals surface area contributed by atoms with Gasteiger partial charge in [0.25, 0.3) is 0 Å². The van der Waals surface area contributed by atoms with Gasteiger partial charge in [-0.05, 0) is 6.92 Å². The molecule has 0 aromatic heterocycles.